The van der Waals surface area contributed by atoms with Gasteiger partial charge < -0.3 is 4.74 Å². The molecule has 68 valence electrons. The Morgan fingerprint density at radius 3 is 2.67 bits per heavy atom. The van der Waals surface area contributed by atoms with E-state index in [1.807, 2.05) is 0 Å². The van der Waals surface area contributed by atoms with E-state index in [9.17, 15) is 0 Å². The lowest BCUT2D eigenvalue weighted by Gasteiger charge is -2.09. The Morgan fingerprint density at radius 1 is 1.08 bits per heavy atom. The molecule has 0 aromatic rings. The molecule has 0 aromatic heterocycles. The first-order chi connectivity index (χ1) is 5.93. The monoisotopic (exact) mass is 166 g/mol. The SMILES string of the molecule is COC1C#CCCCCCCC1. The standard InChI is InChI=1S/C11H18O/c1-12-11-9-7-5-3-2-4-6-8-10-11/h11H,2-7,9H2,1H3. The van der Waals surface area contributed by atoms with E-state index in [0.717, 1.165) is 12.8 Å². The fourth-order valence-corrected chi connectivity index (χ4v) is 1.51. The van der Waals surface area contributed by atoms with Crippen LogP contribution in [0.25, 0.3) is 0 Å². The maximum atomic E-state index is 5.25. The number of hydrogen-bond acceptors (Lipinski definition) is 1. The molecule has 0 aromatic carbocycles. The lowest BCUT2D eigenvalue weighted by molar-refractivity contribution is 0.138. The second kappa shape index (κ2) is 6.08. The Bertz CT molecular complexity index is 164. The molecule has 12 heavy (non-hydrogen) atoms. The molecular weight excluding hydrogens is 148 g/mol. The van der Waals surface area contributed by atoms with Gasteiger partial charge in [0.15, 0.2) is 0 Å². The van der Waals surface area contributed by atoms with Gasteiger partial charge >= 0.3 is 0 Å². The molecule has 1 atom stereocenters. The van der Waals surface area contributed by atoms with Crippen LogP contribution < -0.4 is 0 Å². The lowest BCUT2D eigenvalue weighted by Crippen LogP contribution is -2.07. The normalized spacial score (nSPS) is 25.6. The van der Waals surface area contributed by atoms with Gasteiger partial charge in [0.25, 0.3) is 0 Å². The highest BCUT2D eigenvalue weighted by Crippen LogP contribution is 2.11. The maximum absolute atomic E-state index is 5.25. The third kappa shape index (κ3) is 3.78. The second-order valence-electron chi connectivity index (χ2n) is 3.35. The minimum absolute atomic E-state index is 0.197. The van der Waals surface area contributed by atoms with E-state index >= 15 is 0 Å². The predicted molar refractivity (Wildman–Crippen MR) is 50.9 cm³/mol. The summed E-state index contributed by atoms with van der Waals surface area (Å²) in [7, 11) is 1.76. The lowest BCUT2D eigenvalue weighted by atomic mass is 10.0. The van der Waals surface area contributed by atoms with Crippen molar-refractivity contribution in [2.75, 3.05) is 7.11 Å². The molecule has 1 unspecified atom stereocenters. The zero-order chi connectivity index (χ0) is 8.65. The molecule has 0 N–H and O–H groups in total. The first-order valence-electron chi connectivity index (χ1n) is 4.94. The topological polar surface area (TPSA) is 9.23 Å². The van der Waals surface area contributed by atoms with Crippen molar-refractivity contribution in [2.45, 2.75) is 51.0 Å². The summed E-state index contributed by atoms with van der Waals surface area (Å²) in [6.07, 6.45) is 8.98. The Hall–Kier alpha value is -0.480. The van der Waals surface area contributed by atoms with Gasteiger partial charge in [-0.2, -0.15) is 0 Å². The molecule has 1 nitrogen and oxygen atoms in total. The zero-order valence-electron chi connectivity index (χ0n) is 7.94. The van der Waals surface area contributed by atoms with Crippen LogP contribution in [0.1, 0.15) is 44.9 Å². The average Bonchev–Trinajstić information content (AvgIpc) is 2.14. The highest BCUT2D eigenvalue weighted by molar-refractivity contribution is 5.05. The number of ether oxygens (including phenoxy) is 1. The van der Waals surface area contributed by atoms with E-state index in [2.05, 4.69) is 11.8 Å². The van der Waals surface area contributed by atoms with Crippen LogP contribution in [0, 0.1) is 11.8 Å². The van der Waals surface area contributed by atoms with Crippen molar-refractivity contribution in [1.29, 1.82) is 0 Å². The number of methoxy groups -OCH3 is 1. The third-order valence-corrected chi connectivity index (χ3v) is 2.32. The van der Waals surface area contributed by atoms with Crippen LogP contribution in [0.15, 0.2) is 0 Å². The summed E-state index contributed by atoms with van der Waals surface area (Å²) in [6, 6.07) is 0. The summed E-state index contributed by atoms with van der Waals surface area (Å²) in [6.45, 7) is 0. The summed E-state index contributed by atoms with van der Waals surface area (Å²) < 4.78 is 5.25. The van der Waals surface area contributed by atoms with Crippen molar-refractivity contribution >= 4 is 0 Å². The Morgan fingerprint density at radius 2 is 1.83 bits per heavy atom. The summed E-state index contributed by atoms with van der Waals surface area (Å²) in [5.74, 6) is 6.35. The van der Waals surface area contributed by atoms with Crippen LogP contribution in [0.3, 0.4) is 0 Å². The van der Waals surface area contributed by atoms with Crippen LogP contribution in [0.2, 0.25) is 0 Å². The van der Waals surface area contributed by atoms with Gasteiger partial charge in [0, 0.05) is 13.5 Å². The van der Waals surface area contributed by atoms with Crippen molar-refractivity contribution in [3.8, 4) is 11.8 Å². The van der Waals surface area contributed by atoms with Gasteiger partial charge in [-0.05, 0) is 19.3 Å². The minimum atomic E-state index is 0.197. The van der Waals surface area contributed by atoms with Crippen LogP contribution in [-0.2, 0) is 4.74 Å². The molecule has 0 saturated heterocycles. The van der Waals surface area contributed by atoms with Gasteiger partial charge in [-0.3, -0.25) is 0 Å². The van der Waals surface area contributed by atoms with Crippen LogP contribution in [-0.4, -0.2) is 13.2 Å². The molecule has 0 heterocycles. The molecule has 0 saturated carbocycles. The van der Waals surface area contributed by atoms with Crippen LogP contribution in [0.5, 0.6) is 0 Å². The number of hydrogen-bond donors (Lipinski definition) is 0. The maximum Gasteiger partial charge on any atom is 0.117 e. The summed E-state index contributed by atoms with van der Waals surface area (Å²) in [4.78, 5) is 0. The highest BCUT2D eigenvalue weighted by Gasteiger charge is 2.02. The molecule has 1 heteroatoms. The van der Waals surface area contributed by atoms with Gasteiger partial charge in [-0.1, -0.05) is 25.2 Å². The van der Waals surface area contributed by atoms with E-state index in [4.69, 9.17) is 4.74 Å². The fraction of sp³-hybridized carbons (Fsp3) is 0.818. The van der Waals surface area contributed by atoms with Crippen molar-refractivity contribution < 1.29 is 4.74 Å². The average molecular weight is 166 g/mol. The van der Waals surface area contributed by atoms with E-state index in [1.54, 1.807) is 7.11 Å². The quantitative estimate of drug-likeness (QED) is 0.544. The Kier molecular flexibility index (Phi) is 4.87. The summed E-state index contributed by atoms with van der Waals surface area (Å²) in [5.41, 5.74) is 0. The minimum Gasteiger partial charge on any atom is -0.369 e. The molecule has 0 spiro atoms. The molecule has 1 rings (SSSR count). The molecule has 1 aliphatic rings. The van der Waals surface area contributed by atoms with Crippen LogP contribution >= 0.6 is 0 Å². The van der Waals surface area contributed by atoms with Crippen molar-refractivity contribution in [3.63, 3.8) is 0 Å². The van der Waals surface area contributed by atoms with E-state index in [0.29, 0.717) is 0 Å². The summed E-state index contributed by atoms with van der Waals surface area (Å²) in [5, 5.41) is 0. The molecule has 1 aliphatic carbocycles. The number of rotatable bonds is 1. The molecule has 0 bridgehead atoms. The first-order valence-corrected chi connectivity index (χ1v) is 4.94. The van der Waals surface area contributed by atoms with Gasteiger partial charge in [-0.15, -0.1) is 5.92 Å². The first kappa shape index (κ1) is 9.61. The largest absolute Gasteiger partial charge is 0.369 e. The molecule has 0 amide bonds. The zero-order valence-corrected chi connectivity index (χ0v) is 7.94. The van der Waals surface area contributed by atoms with E-state index in [-0.39, 0.29) is 6.10 Å². The highest BCUT2D eigenvalue weighted by atomic mass is 16.5. The second-order valence-corrected chi connectivity index (χ2v) is 3.35. The molecule has 0 aliphatic heterocycles. The van der Waals surface area contributed by atoms with Crippen LogP contribution in [0.4, 0.5) is 0 Å². The molecule has 0 fully saturated rings. The Balaban J connectivity index is 2.36. The smallest absolute Gasteiger partial charge is 0.117 e. The molecule has 0 radical (unpaired) electrons. The predicted octanol–water partition coefficient (Wildman–Crippen LogP) is 2.75. The van der Waals surface area contributed by atoms with Gasteiger partial charge in [0.05, 0.1) is 0 Å². The van der Waals surface area contributed by atoms with E-state index < -0.39 is 0 Å². The van der Waals surface area contributed by atoms with Gasteiger partial charge in [-0.25, -0.2) is 0 Å². The van der Waals surface area contributed by atoms with Crippen molar-refractivity contribution in [1.82, 2.24) is 0 Å². The van der Waals surface area contributed by atoms with Crippen molar-refractivity contribution in [3.05, 3.63) is 0 Å². The van der Waals surface area contributed by atoms with E-state index in [1.165, 1.54) is 32.1 Å². The van der Waals surface area contributed by atoms with Gasteiger partial charge in [0.2, 0.25) is 0 Å². The third-order valence-electron chi connectivity index (χ3n) is 2.32. The fourth-order valence-electron chi connectivity index (χ4n) is 1.51. The Labute approximate surface area is 75.5 Å². The molecular formula is C11H18O. The summed E-state index contributed by atoms with van der Waals surface area (Å²) >= 11 is 0. The van der Waals surface area contributed by atoms with Gasteiger partial charge in [0.1, 0.15) is 6.10 Å². The van der Waals surface area contributed by atoms with Crippen molar-refractivity contribution in [2.24, 2.45) is 0 Å².